The zero-order valence-corrected chi connectivity index (χ0v) is 22.0. The van der Waals surface area contributed by atoms with E-state index in [9.17, 15) is 9.59 Å². The van der Waals surface area contributed by atoms with Crippen LogP contribution in [0.15, 0.2) is 70.6 Å². The second-order valence-electron chi connectivity index (χ2n) is 9.27. The molecule has 0 unspecified atom stereocenters. The molecule has 0 radical (unpaired) electrons. The quantitative estimate of drug-likeness (QED) is 0.245. The fourth-order valence-corrected chi connectivity index (χ4v) is 6.40. The number of fused-ring (bicyclic) bond motifs is 3. The molecule has 5 rings (SSSR count). The maximum atomic E-state index is 13.9. The van der Waals surface area contributed by atoms with Crippen molar-refractivity contribution in [1.29, 1.82) is 0 Å². The largest absolute Gasteiger partial charge is 0.372 e. The lowest BCUT2D eigenvalue weighted by Gasteiger charge is -2.26. The number of amides is 1. The van der Waals surface area contributed by atoms with Crippen LogP contribution in [0.1, 0.15) is 29.9 Å². The average molecular weight is 520 g/mol. The van der Waals surface area contributed by atoms with Gasteiger partial charge in [-0.15, -0.1) is 11.3 Å². The first-order chi connectivity index (χ1) is 17.5. The van der Waals surface area contributed by atoms with Crippen molar-refractivity contribution in [2.75, 3.05) is 11.1 Å². The molecule has 4 aromatic rings. The number of hydrogen-bond donors (Lipinski definition) is 1. The summed E-state index contributed by atoms with van der Waals surface area (Å²) in [4.78, 5) is 33.2. The zero-order valence-electron chi connectivity index (χ0n) is 20.4. The number of anilines is 1. The molecule has 3 heterocycles. The Hall–Kier alpha value is -2.94. The van der Waals surface area contributed by atoms with Crippen molar-refractivity contribution in [2.45, 2.75) is 51.1 Å². The molecule has 2 aromatic heterocycles. The van der Waals surface area contributed by atoms with Crippen LogP contribution in [0.25, 0.3) is 10.2 Å². The first-order valence-electron chi connectivity index (χ1n) is 12.2. The van der Waals surface area contributed by atoms with Crippen LogP contribution in [-0.4, -0.2) is 27.3 Å². The molecule has 0 saturated carbocycles. The van der Waals surface area contributed by atoms with E-state index in [0.717, 1.165) is 38.3 Å². The van der Waals surface area contributed by atoms with E-state index in [0.29, 0.717) is 30.6 Å². The van der Waals surface area contributed by atoms with E-state index in [1.807, 2.05) is 48.5 Å². The number of nitrogens with one attached hydrogen (secondary N) is 1. The van der Waals surface area contributed by atoms with E-state index in [4.69, 9.17) is 9.72 Å². The molecule has 0 spiro atoms. The van der Waals surface area contributed by atoms with Gasteiger partial charge in [-0.3, -0.25) is 14.2 Å². The van der Waals surface area contributed by atoms with E-state index in [1.54, 1.807) is 4.57 Å². The number of aryl methyl sites for hydroxylation is 1. The molecular formula is C28H29N3O3S2. The first kappa shape index (κ1) is 24.7. The molecule has 186 valence electrons. The van der Waals surface area contributed by atoms with E-state index < -0.39 is 0 Å². The van der Waals surface area contributed by atoms with Crippen LogP contribution < -0.4 is 10.9 Å². The second kappa shape index (κ2) is 11.0. The van der Waals surface area contributed by atoms with Gasteiger partial charge in [-0.25, -0.2) is 4.98 Å². The molecule has 0 bridgehead atoms. The Balaban J connectivity index is 1.46. The van der Waals surface area contributed by atoms with Gasteiger partial charge in [0.2, 0.25) is 5.91 Å². The van der Waals surface area contributed by atoms with Crippen molar-refractivity contribution in [2.24, 2.45) is 5.92 Å². The highest BCUT2D eigenvalue weighted by Gasteiger charge is 2.28. The van der Waals surface area contributed by atoms with Gasteiger partial charge in [-0.2, -0.15) is 0 Å². The third-order valence-corrected chi connectivity index (χ3v) is 8.47. The van der Waals surface area contributed by atoms with Gasteiger partial charge in [-0.1, -0.05) is 74.1 Å². The minimum Gasteiger partial charge on any atom is -0.372 e. The number of hydrogen-bond acceptors (Lipinski definition) is 6. The lowest BCUT2D eigenvalue weighted by Crippen LogP contribution is -2.29. The molecule has 6 nitrogen and oxygen atoms in total. The van der Waals surface area contributed by atoms with Gasteiger partial charge in [0.05, 0.1) is 23.8 Å². The molecule has 36 heavy (non-hydrogen) atoms. The van der Waals surface area contributed by atoms with Crippen LogP contribution in [0.5, 0.6) is 0 Å². The van der Waals surface area contributed by atoms with Gasteiger partial charge in [0.25, 0.3) is 5.56 Å². The summed E-state index contributed by atoms with van der Waals surface area (Å²) in [5, 5.41) is 4.20. The van der Waals surface area contributed by atoms with Gasteiger partial charge in [-0.05, 0) is 35.6 Å². The highest BCUT2D eigenvalue weighted by atomic mass is 32.2. The van der Waals surface area contributed by atoms with Crippen molar-refractivity contribution in [1.82, 2.24) is 9.55 Å². The zero-order chi connectivity index (χ0) is 25.1. The Labute approximate surface area is 218 Å². The predicted molar refractivity (Wildman–Crippen MR) is 147 cm³/mol. The summed E-state index contributed by atoms with van der Waals surface area (Å²) in [6.45, 7) is 5.32. The standard InChI is InChI=1S/C28H29N3O3S2/c1-18(2)22-15-21-23(16-34-22)36-26-25(21)27(33)31(14-13-19-9-5-3-6-10-19)28(30-26)35-17-24(32)29-20-11-7-4-8-12-20/h3-12,18,22H,13-17H2,1-2H3,(H,29,32)/t22-/m0/s1. The van der Waals surface area contributed by atoms with Crippen molar-refractivity contribution in [3.05, 3.63) is 87.0 Å². The van der Waals surface area contributed by atoms with Gasteiger partial charge >= 0.3 is 0 Å². The topological polar surface area (TPSA) is 73.2 Å². The molecule has 1 aliphatic rings. The van der Waals surface area contributed by atoms with Gasteiger partial charge in [0.1, 0.15) is 4.83 Å². The van der Waals surface area contributed by atoms with E-state index in [-0.39, 0.29) is 23.3 Å². The normalized spacial score (nSPS) is 15.2. The molecular weight excluding hydrogens is 490 g/mol. The maximum Gasteiger partial charge on any atom is 0.263 e. The third-order valence-electron chi connectivity index (χ3n) is 6.39. The number of aromatic nitrogens is 2. The summed E-state index contributed by atoms with van der Waals surface area (Å²) in [7, 11) is 0. The van der Waals surface area contributed by atoms with Gasteiger partial charge in [0, 0.05) is 23.5 Å². The van der Waals surface area contributed by atoms with Crippen LogP contribution in [-0.2, 0) is 35.5 Å². The van der Waals surface area contributed by atoms with Gasteiger partial charge in [0.15, 0.2) is 5.16 Å². The Kier molecular flexibility index (Phi) is 7.55. The summed E-state index contributed by atoms with van der Waals surface area (Å²) >= 11 is 2.84. The molecule has 2 aromatic carbocycles. The third kappa shape index (κ3) is 5.40. The average Bonchev–Trinajstić information content (AvgIpc) is 3.26. The van der Waals surface area contributed by atoms with Crippen LogP contribution in [0.3, 0.4) is 0 Å². The van der Waals surface area contributed by atoms with Crippen LogP contribution in [0, 0.1) is 5.92 Å². The number of carbonyl (C=O) groups is 1. The molecule has 0 saturated heterocycles. The lowest BCUT2D eigenvalue weighted by atomic mass is 9.96. The Morgan fingerprint density at radius 1 is 1.17 bits per heavy atom. The Bertz CT molecular complexity index is 1420. The highest BCUT2D eigenvalue weighted by Crippen LogP contribution is 2.36. The summed E-state index contributed by atoms with van der Waals surface area (Å²) < 4.78 is 7.80. The van der Waals surface area contributed by atoms with Crippen molar-refractivity contribution >= 4 is 44.9 Å². The minimum absolute atomic E-state index is 0.0243. The maximum absolute atomic E-state index is 13.9. The van der Waals surface area contributed by atoms with Crippen LogP contribution in [0.4, 0.5) is 5.69 Å². The van der Waals surface area contributed by atoms with Crippen molar-refractivity contribution < 1.29 is 9.53 Å². The predicted octanol–water partition coefficient (Wildman–Crippen LogP) is 5.53. The highest BCUT2D eigenvalue weighted by molar-refractivity contribution is 7.99. The first-order valence-corrected chi connectivity index (χ1v) is 14.0. The minimum atomic E-state index is -0.131. The number of thioether (sulfide) groups is 1. The van der Waals surface area contributed by atoms with Crippen molar-refractivity contribution in [3.8, 4) is 0 Å². The van der Waals surface area contributed by atoms with Crippen molar-refractivity contribution in [3.63, 3.8) is 0 Å². The van der Waals surface area contributed by atoms with Gasteiger partial charge < -0.3 is 10.1 Å². The molecule has 1 atom stereocenters. The smallest absolute Gasteiger partial charge is 0.263 e. The number of carbonyl (C=O) groups excluding carboxylic acids is 1. The summed E-state index contributed by atoms with van der Waals surface area (Å²) in [5.41, 5.74) is 2.97. The van der Waals surface area contributed by atoms with E-state index in [1.165, 1.54) is 23.1 Å². The monoisotopic (exact) mass is 519 g/mol. The number of thiophene rings is 1. The molecule has 0 fully saturated rings. The number of ether oxygens (including phenoxy) is 1. The molecule has 1 N–H and O–H groups in total. The SMILES string of the molecule is CC(C)[C@@H]1Cc2c(sc3nc(SCC(=O)Nc4ccccc4)n(CCc4ccccc4)c(=O)c23)CO1. The van der Waals surface area contributed by atoms with Crippen LogP contribution in [0.2, 0.25) is 0 Å². The van der Waals surface area contributed by atoms with E-state index in [2.05, 4.69) is 31.3 Å². The second-order valence-corrected chi connectivity index (χ2v) is 11.3. The Morgan fingerprint density at radius 2 is 1.89 bits per heavy atom. The number of rotatable bonds is 8. The fourth-order valence-electron chi connectivity index (χ4n) is 4.41. The molecule has 1 aliphatic heterocycles. The molecule has 0 aliphatic carbocycles. The molecule has 1 amide bonds. The number of nitrogens with zero attached hydrogens (tertiary/aromatic N) is 2. The number of benzene rings is 2. The lowest BCUT2D eigenvalue weighted by molar-refractivity contribution is -0.113. The summed E-state index contributed by atoms with van der Waals surface area (Å²) in [5.74, 6) is 0.412. The number of para-hydroxylation sites is 1. The Morgan fingerprint density at radius 3 is 2.61 bits per heavy atom. The van der Waals surface area contributed by atoms with Crippen LogP contribution >= 0.6 is 23.1 Å². The summed E-state index contributed by atoms with van der Waals surface area (Å²) in [6.07, 6.45) is 1.54. The molecule has 8 heteroatoms. The van der Waals surface area contributed by atoms with E-state index >= 15 is 0 Å². The summed E-state index contributed by atoms with van der Waals surface area (Å²) in [6, 6.07) is 19.5. The fraction of sp³-hybridized carbons (Fsp3) is 0.321.